The molecule has 0 spiro atoms. The molecule has 7 heteroatoms. The van der Waals surface area contributed by atoms with E-state index in [2.05, 4.69) is 10.0 Å². The van der Waals surface area contributed by atoms with Crippen molar-refractivity contribution in [3.8, 4) is 5.75 Å². The number of aryl methyl sites for hydroxylation is 1. The molecule has 23 heavy (non-hydrogen) atoms. The molecule has 0 aliphatic carbocycles. The maximum Gasteiger partial charge on any atom is 0.255 e. The lowest BCUT2D eigenvalue weighted by Crippen LogP contribution is -2.19. The maximum absolute atomic E-state index is 12.3. The summed E-state index contributed by atoms with van der Waals surface area (Å²) in [7, 11) is -0.679. The largest absolute Gasteiger partial charge is 0.497 e. The molecule has 1 amide bonds. The molecular formula is C16H18N2O4S. The van der Waals surface area contributed by atoms with Crippen LogP contribution in [0, 0.1) is 6.92 Å². The summed E-state index contributed by atoms with van der Waals surface area (Å²) in [5, 5.41) is 2.73. The zero-order chi connectivity index (χ0) is 17.0. The highest BCUT2D eigenvalue weighted by molar-refractivity contribution is 7.89. The minimum atomic E-state index is -3.56. The third kappa shape index (κ3) is 3.88. The van der Waals surface area contributed by atoms with Gasteiger partial charge in [0.2, 0.25) is 10.0 Å². The quantitative estimate of drug-likeness (QED) is 0.877. The number of amides is 1. The molecule has 0 bridgehead atoms. The van der Waals surface area contributed by atoms with Crippen molar-refractivity contribution in [2.45, 2.75) is 11.8 Å². The SMILES string of the molecule is CNS(=O)(=O)c1ccc(C)c(NC(=O)c2ccc(OC)cc2)c1. The van der Waals surface area contributed by atoms with Gasteiger partial charge in [0.15, 0.2) is 0 Å². The van der Waals surface area contributed by atoms with E-state index in [0.717, 1.165) is 5.56 Å². The molecule has 122 valence electrons. The maximum atomic E-state index is 12.3. The van der Waals surface area contributed by atoms with Crippen LogP contribution in [0.4, 0.5) is 5.69 Å². The highest BCUT2D eigenvalue weighted by Gasteiger charge is 2.14. The molecule has 0 saturated heterocycles. The molecule has 0 heterocycles. The van der Waals surface area contributed by atoms with Gasteiger partial charge >= 0.3 is 0 Å². The summed E-state index contributed by atoms with van der Waals surface area (Å²) in [4.78, 5) is 12.4. The molecule has 0 saturated carbocycles. The van der Waals surface area contributed by atoms with Crippen LogP contribution < -0.4 is 14.8 Å². The number of carbonyl (C=O) groups is 1. The average molecular weight is 334 g/mol. The minimum absolute atomic E-state index is 0.0932. The molecular weight excluding hydrogens is 316 g/mol. The zero-order valence-electron chi connectivity index (χ0n) is 13.1. The second kappa shape index (κ2) is 6.80. The third-order valence-electron chi connectivity index (χ3n) is 3.39. The number of benzene rings is 2. The standard InChI is InChI=1S/C16H18N2O4S/c1-11-4-9-14(23(20,21)17-2)10-15(11)18-16(19)12-5-7-13(22-3)8-6-12/h4-10,17H,1-3H3,(H,18,19). The number of nitrogens with one attached hydrogen (secondary N) is 2. The van der Waals surface area contributed by atoms with Crippen molar-refractivity contribution in [2.75, 3.05) is 19.5 Å². The van der Waals surface area contributed by atoms with Crippen molar-refractivity contribution in [1.82, 2.24) is 4.72 Å². The number of carbonyl (C=O) groups excluding carboxylic acids is 1. The van der Waals surface area contributed by atoms with E-state index in [4.69, 9.17) is 4.74 Å². The molecule has 0 atom stereocenters. The molecule has 0 aliphatic rings. The van der Waals surface area contributed by atoms with Gasteiger partial charge in [-0.3, -0.25) is 4.79 Å². The van der Waals surface area contributed by atoms with Gasteiger partial charge in [0.05, 0.1) is 12.0 Å². The number of methoxy groups -OCH3 is 1. The van der Waals surface area contributed by atoms with Crippen molar-refractivity contribution >= 4 is 21.6 Å². The minimum Gasteiger partial charge on any atom is -0.497 e. The van der Waals surface area contributed by atoms with Gasteiger partial charge in [-0.15, -0.1) is 0 Å². The Bertz CT molecular complexity index is 814. The Morgan fingerprint density at radius 3 is 2.30 bits per heavy atom. The lowest BCUT2D eigenvalue weighted by molar-refractivity contribution is 0.102. The lowest BCUT2D eigenvalue weighted by Gasteiger charge is -2.11. The molecule has 0 aliphatic heterocycles. The van der Waals surface area contributed by atoms with Crippen molar-refractivity contribution in [3.63, 3.8) is 0 Å². The summed E-state index contributed by atoms with van der Waals surface area (Å²) in [6.45, 7) is 1.79. The van der Waals surface area contributed by atoms with Gasteiger partial charge in [-0.25, -0.2) is 13.1 Å². The molecule has 0 fully saturated rings. The number of hydrogen-bond donors (Lipinski definition) is 2. The fourth-order valence-electron chi connectivity index (χ4n) is 1.96. The smallest absolute Gasteiger partial charge is 0.255 e. The topological polar surface area (TPSA) is 84.5 Å². The van der Waals surface area contributed by atoms with E-state index in [0.29, 0.717) is 17.0 Å². The highest BCUT2D eigenvalue weighted by Crippen LogP contribution is 2.21. The zero-order valence-corrected chi connectivity index (χ0v) is 13.9. The first-order valence-corrected chi connectivity index (χ1v) is 8.35. The van der Waals surface area contributed by atoms with E-state index in [1.54, 1.807) is 44.4 Å². The van der Waals surface area contributed by atoms with Gasteiger partial charge in [-0.05, 0) is 55.9 Å². The number of hydrogen-bond acceptors (Lipinski definition) is 4. The van der Waals surface area contributed by atoms with Crippen LogP contribution in [0.1, 0.15) is 15.9 Å². The molecule has 2 aromatic carbocycles. The normalized spacial score (nSPS) is 11.1. The molecule has 2 N–H and O–H groups in total. The summed E-state index contributed by atoms with van der Waals surface area (Å²) in [6, 6.07) is 11.2. The van der Waals surface area contributed by atoms with Crippen LogP contribution in [-0.4, -0.2) is 28.5 Å². The monoisotopic (exact) mass is 334 g/mol. The average Bonchev–Trinajstić information content (AvgIpc) is 2.56. The summed E-state index contributed by atoms with van der Waals surface area (Å²) < 4.78 is 31.0. The van der Waals surface area contributed by atoms with E-state index in [1.165, 1.54) is 19.2 Å². The van der Waals surface area contributed by atoms with Crippen LogP contribution >= 0.6 is 0 Å². The van der Waals surface area contributed by atoms with Crippen molar-refractivity contribution in [3.05, 3.63) is 53.6 Å². The first-order chi connectivity index (χ1) is 10.9. The second-order valence-corrected chi connectivity index (χ2v) is 6.75. The Morgan fingerprint density at radius 2 is 1.74 bits per heavy atom. The Balaban J connectivity index is 2.28. The van der Waals surface area contributed by atoms with E-state index >= 15 is 0 Å². The van der Waals surface area contributed by atoms with E-state index in [1.807, 2.05) is 0 Å². The van der Waals surface area contributed by atoms with Crippen LogP contribution in [-0.2, 0) is 10.0 Å². The van der Waals surface area contributed by atoms with Gasteiger partial charge in [-0.2, -0.15) is 0 Å². The summed E-state index contributed by atoms with van der Waals surface area (Å²) in [6.07, 6.45) is 0. The van der Waals surface area contributed by atoms with Crippen LogP contribution in [0.2, 0.25) is 0 Å². The highest BCUT2D eigenvalue weighted by atomic mass is 32.2. The van der Waals surface area contributed by atoms with E-state index in [9.17, 15) is 13.2 Å². The van der Waals surface area contributed by atoms with Gasteiger partial charge in [0.1, 0.15) is 5.75 Å². The van der Waals surface area contributed by atoms with Gasteiger partial charge < -0.3 is 10.1 Å². The molecule has 6 nitrogen and oxygen atoms in total. The predicted octanol–water partition coefficient (Wildman–Crippen LogP) is 2.16. The van der Waals surface area contributed by atoms with Crippen LogP contribution in [0.3, 0.4) is 0 Å². The van der Waals surface area contributed by atoms with E-state index < -0.39 is 10.0 Å². The Hall–Kier alpha value is -2.38. The van der Waals surface area contributed by atoms with Gasteiger partial charge in [-0.1, -0.05) is 6.07 Å². The van der Waals surface area contributed by atoms with Crippen molar-refractivity contribution < 1.29 is 17.9 Å². The molecule has 0 unspecified atom stereocenters. The molecule has 0 aromatic heterocycles. The molecule has 2 aromatic rings. The first-order valence-electron chi connectivity index (χ1n) is 6.87. The second-order valence-electron chi connectivity index (χ2n) is 4.87. The number of rotatable bonds is 5. The molecule has 0 radical (unpaired) electrons. The van der Waals surface area contributed by atoms with Crippen molar-refractivity contribution in [2.24, 2.45) is 0 Å². The van der Waals surface area contributed by atoms with Crippen molar-refractivity contribution in [1.29, 1.82) is 0 Å². The number of sulfonamides is 1. The summed E-state index contributed by atoms with van der Waals surface area (Å²) in [5.74, 6) is 0.328. The summed E-state index contributed by atoms with van der Waals surface area (Å²) >= 11 is 0. The van der Waals surface area contributed by atoms with Gasteiger partial charge in [0.25, 0.3) is 5.91 Å². The molecule has 2 rings (SSSR count). The third-order valence-corrected chi connectivity index (χ3v) is 4.80. The number of anilines is 1. The Morgan fingerprint density at radius 1 is 1.09 bits per heavy atom. The Labute approximate surface area is 135 Å². The van der Waals surface area contributed by atoms with Crippen LogP contribution in [0.5, 0.6) is 5.75 Å². The predicted molar refractivity (Wildman–Crippen MR) is 88.4 cm³/mol. The fraction of sp³-hybridized carbons (Fsp3) is 0.188. The van der Waals surface area contributed by atoms with Crippen LogP contribution in [0.15, 0.2) is 47.4 Å². The van der Waals surface area contributed by atoms with E-state index in [-0.39, 0.29) is 10.8 Å². The Kier molecular flexibility index (Phi) is 5.02. The lowest BCUT2D eigenvalue weighted by atomic mass is 10.1. The number of ether oxygens (including phenoxy) is 1. The first kappa shape index (κ1) is 17.0. The van der Waals surface area contributed by atoms with Crippen LogP contribution in [0.25, 0.3) is 0 Å². The fourth-order valence-corrected chi connectivity index (χ4v) is 2.71. The van der Waals surface area contributed by atoms with Gasteiger partial charge in [0, 0.05) is 11.3 Å². The summed E-state index contributed by atoms with van der Waals surface area (Å²) in [5.41, 5.74) is 1.66.